The highest BCUT2D eigenvalue weighted by Crippen LogP contribution is 2.41. The van der Waals surface area contributed by atoms with Gasteiger partial charge in [0.15, 0.2) is 0 Å². The molecule has 1 aliphatic rings. The average molecular weight is 245 g/mol. The quantitative estimate of drug-likeness (QED) is 0.810. The van der Waals surface area contributed by atoms with Crippen molar-refractivity contribution in [3.63, 3.8) is 0 Å². The van der Waals surface area contributed by atoms with Crippen molar-refractivity contribution in [1.82, 2.24) is 5.32 Å². The van der Waals surface area contributed by atoms with Crippen molar-refractivity contribution in [2.75, 3.05) is 7.11 Å². The van der Waals surface area contributed by atoms with Crippen LogP contribution < -0.4 is 10.1 Å². The second-order valence-electron chi connectivity index (χ2n) is 4.60. The normalized spacial score (nSPS) is 16.6. The molecule has 3 nitrogen and oxygen atoms in total. The summed E-state index contributed by atoms with van der Waals surface area (Å²) >= 11 is 0. The Morgan fingerprint density at radius 2 is 2.06 bits per heavy atom. The Kier molecular flexibility index (Phi) is 4.03. The van der Waals surface area contributed by atoms with E-state index in [0.717, 1.165) is 11.3 Å². The predicted octanol–water partition coefficient (Wildman–Crippen LogP) is 2.84. The Balaban J connectivity index is 2.11. The zero-order valence-electron chi connectivity index (χ0n) is 10.8. The molecule has 1 aliphatic carbocycles. The van der Waals surface area contributed by atoms with Gasteiger partial charge in [-0.05, 0) is 49.5 Å². The van der Waals surface area contributed by atoms with Gasteiger partial charge < -0.3 is 10.1 Å². The van der Waals surface area contributed by atoms with E-state index in [0.29, 0.717) is 5.92 Å². The van der Waals surface area contributed by atoms with Gasteiger partial charge in [-0.15, -0.1) is 0 Å². The Morgan fingerprint density at radius 1 is 1.39 bits per heavy atom. The highest BCUT2D eigenvalue weighted by Gasteiger charge is 2.32. The van der Waals surface area contributed by atoms with Gasteiger partial charge in [-0.25, -0.2) is 0 Å². The molecule has 1 aromatic carbocycles. The van der Waals surface area contributed by atoms with Crippen LogP contribution in [-0.4, -0.2) is 13.0 Å². The van der Waals surface area contributed by atoms with E-state index in [2.05, 4.69) is 5.32 Å². The molecular formula is C15H19NO2. The molecule has 1 saturated carbocycles. The fraction of sp³-hybridized carbons (Fsp3) is 0.400. The summed E-state index contributed by atoms with van der Waals surface area (Å²) in [6, 6.07) is 8.05. The highest BCUT2D eigenvalue weighted by atomic mass is 16.5. The third-order valence-electron chi connectivity index (χ3n) is 3.18. The van der Waals surface area contributed by atoms with Crippen LogP contribution in [0, 0.1) is 5.92 Å². The molecule has 18 heavy (non-hydrogen) atoms. The third-order valence-corrected chi connectivity index (χ3v) is 3.18. The largest absolute Gasteiger partial charge is 0.497 e. The van der Waals surface area contributed by atoms with Crippen molar-refractivity contribution in [3.05, 3.63) is 42.0 Å². The molecule has 0 radical (unpaired) electrons. The summed E-state index contributed by atoms with van der Waals surface area (Å²) in [5, 5.41) is 3.07. The van der Waals surface area contributed by atoms with Gasteiger partial charge >= 0.3 is 0 Å². The lowest BCUT2D eigenvalue weighted by Crippen LogP contribution is -2.28. The van der Waals surface area contributed by atoms with Crippen LogP contribution in [0.5, 0.6) is 5.75 Å². The highest BCUT2D eigenvalue weighted by molar-refractivity contribution is 5.87. The number of rotatable bonds is 5. The summed E-state index contributed by atoms with van der Waals surface area (Å²) in [4.78, 5) is 11.7. The number of carbonyl (C=O) groups excluding carboxylic acids is 1. The molecule has 0 aliphatic heterocycles. The zero-order valence-corrected chi connectivity index (χ0v) is 10.8. The van der Waals surface area contributed by atoms with Gasteiger partial charge in [0.1, 0.15) is 5.75 Å². The van der Waals surface area contributed by atoms with Crippen LogP contribution in [0.4, 0.5) is 0 Å². The summed E-state index contributed by atoms with van der Waals surface area (Å²) in [6.45, 7) is 1.85. The van der Waals surface area contributed by atoms with Crippen LogP contribution in [0.15, 0.2) is 36.4 Å². The van der Waals surface area contributed by atoms with Gasteiger partial charge in [0.05, 0.1) is 13.2 Å². The van der Waals surface area contributed by atoms with Crippen molar-refractivity contribution in [2.45, 2.75) is 25.8 Å². The summed E-state index contributed by atoms with van der Waals surface area (Å²) in [7, 11) is 1.65. The Morgan fingerprint density at radius 3 is 2.56 bits per heavy atom. The van der Waals surface area contributed by atoms with E-state index >= 15 is 0 Å². The van der Waals surface area contributed by atoms with Crippen molar-refractivity contribution in [1.29, 1.82) is 0 Å². The fourth-order valence-electron chi connectivity index (χ4n) is 2.07. The van der Waals surface area contributed by atoms with Gasteiger partial charge in [0.25, 0.3) is 0 Å². The number of hydrogen-bond acceptors (Lipinski definition) is 2. The minimum atomic E-state index is -0.0229. The van der Waals surface area contributed by atoms with Gasteiger partial charge in [-0.3, -0.25) is 4.79 Å². The number of methoxy groups -OCH3 is 1. The summed E-state index contributed by atoms with van der Waals surface area (Å²) in [6.07, 6.45) is 5.70. The number of carbonyl (C=O) groups is 1. The Bertz CT molecular complexity index is 432. The molecule has 1 amide bonds. The average Bonchev–Trinajstić information content (AvgIpc) is 3.21. The molecule has 2 rings (SSSR count). The van der Waals surface area contributed by atoms with Crippen LogP contribution >= 0.6 is 0 Å². The Hall–Kier alpha value is -1.77. The topological polar surface area (TPSA) is 38.3 Å². The lowest BCUT2D eigenvalue weighted by Gasteiger charge is -2.18. The molecule has 1 aromatic rings. The number of benzene rings is 1. The fourth-order valence-corrected chi connectivity index (χ4v) is 2.07. The van der Waals surface area contributed by atoms with E-state index in [1.54, 1.807) is 19.3 Å². The SMILES string of the molecule is CC=CC(=O)NC(c1ccc(OC)cc1)C1CC1. The third kappa shape index (κ3) is 3.13. The lowest BCUT2D eigenvalue weighted by molar-refractivity contribution is -0.117. The molecule has 1 atom stereocenters. The van der Waals surface area contributed by atoms with Crippen LogP contribution in [-0.2, 0) is 4.79 Å². The van der Waals surface area contributed by atoms with Crippen molar-refractivity contribution < 1.29 is 9.53 Å². The molecule has 1 N–H and O–H groups in total. The van der Waals surface area contributed by atoms with Crippen LogP contribution in [0.25, 0.3) is 0 Å². The van der Waals surface area contributed by atoms with Gasteiger partial charge in [0, 0.05) is 0 Å². The summed E-state index contributed by atoms with van der Waals surface area (Å²) in [5.41, 5.74) is 1.15. The molecule has 3 heteroatoms. The first-order valence-electron chi connectivity index (χ1n) is 6.31. The first-order valence-corrected chi connectivity index (χ1v) is 6.31. The second kappa shape index (κ2) is 5.71. The van der Waals surface area contributed by atoms with Gasteiger partial charge in [-0.2, -0.15) is 0 Å². The molecule has 0 aromatic heterocycles. The van der Waals surface area contributed by atoms with E-state index in [1.165, 1.54) is 12.8 Å². The maximum absolute atomic E-state index is 11.7. The molecule has 0 heterocycles. The van der Waals surface area contributed by atoms with Crippen LogP contribution in [0.3, 0.4) is 0 Å². The number of hydrogen-bond donors (Lipinski definition) is 1. The van der Waals surface area contributed by atoms with Crippen molar-refractivity contribution in [3.8, 4) is 5.75 Å². The maximum Gasteiger partial charge on any atom is 0.244 e. The molecule has 0 bridgehead atoms. The minimum absolute atomic E-state index is 0.0229. The zero-order chi connectivity index (χ0) is 13.0. The number of allylic oxidation sites excluding steroid dienone is 1. The predicted molar refractivity (Wildman–Crippen MR) is 71.4 cm³/mol. The second-order valence-corrected chi connectivity index (χ2v) is 4.60. The van der Waals surface area contributed by atoms with E-state index in [4.69, 9.17) is 4.74 Å². The smallest absolute Gasteiger partial charge is 0.244 e. The van der Waals surface area contributed by atoms with E-state index in [9.17, 15) is 4.79 Å². The number of amides is 1. The van der Waals surface area contributed by atoms with Gasteiger partial charge in [-0.1, -0.05) is 18.2 Å². The molecule has 0 spiro atoms. The van der Waals surface area contributed by atoms with Gasteiger partial charge in [0.2, 0.25) is 5.91 Å². The number of ether oxygens (including phenoxy) is 1. The summed E-state index contributed by atoms with van der Waals surface area (Å²) in [5.74, 6) is 1.39. The molecule has 1 fully saturated rings. The summed E-state index contributed by atoms with van der Waals surface area (Å²) < 4.78 is 5.15. The molecule has 1 unspecified atom stereocenters. The van der Waals surface area contributed by atoms with Crippen LogP contribution in [0.2, 0.25) is 0 Å². The van der Waals surface area contributed by atoms with Crippen molar-refractivity contribution in [2.24, 2.45) is 5.92 Å². The standard InChI is InChI=1S/C15H19NO2/c1-3-4-14(17)16-15(11-5-6-11)12-7-9-13(18-2)10-8-12/h3-4,7-11,15H,5-6H2,1-2H3,(H,16,17). The number of nitrogens with one attached hydrogen (secondary N) is 1. The van der Waals surface area contributed by atoms with E-state index < -0.39 is 0 Å². The lowest BCUT2D eigenvalue weighted by atomic mass is 10.0. The first kappa shape index (κ1) is 12.7. The first-order chi connectivity index (χ1) is 8.74. The van der Waals surface area contributed by atoms with Crippen LogP contribution in [0.1, 0.15) is 31.4 Å². The molecular weight excluding hydrogens is 226 g/mol. The van der Waals surface area contributed by atoms with Crippen molar-refractivity contribution >= 4 is 5.91 Å². The minimum Gasteiger partial charge on any atom is -0.497 e. The monoisotopic (exact) mass is 245 g/mol. The van der Waals surface area contributed by atoms with E-state index in [-0.39, 0.29) is 11.9 Å². The molecule has 96 valence electrons. The van der Waals surface area contributed by atoms with E-state index in [1.807, 2.05) is 31.2 Å². The Labute approximate surface area is 108 Å². The molecule has 0 saturated heterocycles. The maximum atomic E-state index is 11.7.